The lowest BCUT2D eigenvalue weighted by molar-refractivity contribution is -0.140. The number of ether oxygens (including phenoxy) is 1. The fraction of sp³-hybridized carbons (Fsp3) is 0.650. The fourth-order valence-corrected chi connectivity index (χ4v) is 4.73. The summed E-state index contributed by atoms with van der Waals surface area (Å²) in [6.07, 6.45) is 2.83. The lowest BCUT2D eigenvalue weighted by atomic mass is 9.63. The first kappa shape index (κ1) is 17.0. The molecular formula is C20H27FN2O2. The highest BCUT2D eigenvalue weighted by Gasteiger charge is 2.50. The van der Waals surface area contributed by atoms with Crippen molar-refractivity contribution in [1.82, 2.24) is 9.80 Å². The predicted molar refractivity (Wildman–Crippen MR) is 93.9 cm³/mol. The van der Waals surface area contributed by atoms with E-state index in [2.05, 4.69) is 16.7 Å². The van der Waals surface area contributed by atoms with Crippen molar-refractivity contribution in [2.45, 2.75) is 37.6 Å². The van der Waals surface area contributed by atoms with Crippen LogP contribution >= 0.6 is 0 Å². The molecule has 136 valence electrons. The maximum Gasteiger partial charge on any atom is 0.233 e. The smallest absolute Gasteiger partial charge is 0.233 e. The highest BCUT2D eigenvalue weighted by Crippen LogP contribution is 2.46. The molecule has 25 heavy (non-hydrogen) atoms. The van der Waals surface area contributed by atoms with Crippen LogP contribution in [0.15, 0.2) is 24.3 Å². The molecule has 0 radical (unpaired) electrons. The lowest BCUT2D eigenvalue weighted by Gasteiger charge is -2.43. The summed E-state index contributed by atoms with van der Waals surface area (Å²) in [4.78, 5) is 17.9. The Morgan fingerprint density at radius 2 is 1.84 bits per heavy atom. The molecule has 0 bridgehead atoms. The van der Waals surface area contributed by atoms with Gasteiger partial charge in [-0.05, 0) is 36.5 Å². The number of hydrogen-bond acceptors (Lipinski definition) is 3. The van der Waals surface area contributed by atoms with Crippen molar-refractivity contribution in [1.29, 1.82) is 0 Å². The van der Waals surface area contributed by atoms with Gasteiger partial charge >= 0.3 is 0 Å². The molecule has 0 aromatic heterocycles. The van der Waals surface area contributed by atoms with E-state index >= 15 is 0 Å². The summed E-state index contributed by atoms with van der Waals surface area (Å²) in [6.45, 7) is 7.37. The third kappa shape index (κ3) is 2.97. The number of morpholine rings is 1. The van der Waals surface area contributed by atoms with E-state index in [9.17, 15) is 9.18 Å². The maximum atomic E-state index is 13.4. The third-order valence-corrected chi connectivity index (χ3v) is 6.39. The van der Waals surface area contributed by atoms with Crippen LogP contribution in [0.4, 0.5) is 4.39 Å². The van der Waals surface area contributed by atoms with Crippen molar-refractivity contribution in [3.05, 3.63) is 35.6 Å². The van der Waals surface area contributed by atoms with Gasteiger partial charge in [0.2, 0.25) is 5.91 Å². The molecule has 5 heteroatoms. The number of benzene rings is 1. The number of rotatable bonds is 3. The Labute approximate surface area is 148 Å². The van der Waals surface area contributed by atoms with Gasteiger partial charge in [-0.15, -0.1) is 0 Å². The largest absolute Gasteiger partial charge is 0.379 e. The molecule has 1 aromatic rings. The highest BCUT2D eigenvalue weighted by atomic mass is 19.1. The summed E-state index contributed by atoms with van der Waals surface area (Å²) in [5, 5.41) is 0. The van der Waals surface area contributed by atoms with Crippen LogP contribution in [0.3, 0.4) is 0 Å². The molecule has 0 spiro atoms. The molecule has 3 fully saturated rings. The lowest BCUT2D eigenvalue weighted by Crippen LogP contribution is -2.51. The summed E-state index contributed by atoms with van der Waals surface area (Å²) >= 11 is 0. The Kier molecular flexibility index (Phi) is 4.54. The molecule has 1 saturated carbocycles. The van der Waals surface area contributed by atoms with E-state index in [0.29, 0.717) is 12.0 Å². The summed E-state index contributed by atoms with van der Waals surface area (Å²) < 4.78 is 18.8. The van der Waals surface area contributed by atoms with Gasteiger partial charge in [0, 0.05) is 32.2 Å². The normalized spacial score (nSPS) is 29.4. The molecule has 4 nitrogen and oxygen atoms in total. The summed E-state index contributed by atoms with van der Waals surface area (Å²) in [5.41, 5.74) is 0.556. The maximum absolute atomic E-state index is 13.4. The quantitative estimate of drug-likeness (QED) is 0.843. The molecule has 2 saturated heterocycles. The molecule has 1 amide bonds. The molecule has 2 aliphatic heterocycles. The van der Waals surface area contributed by atoms with Crippen LogP contribution in [-0.2, 0) is 14.9 Å². The van der Waals surface area contributed by atoms with E-state index in [-0.39, 0.29) is 11.7 Å². The molecule has 3 aliphatic rings. The fourth-order valence-electron chi connectivity index (χ4n) is 4.73. The Morgan fingerprint density at radius 3 is 2.44 bits per heavy atom. The van der Waals surface area contributed by atoms with Crippen LogP contribution in [0.2, 0.25) is 0 Å². The molecule has 0 unspecified atom stereocenters. The molecule has 1 aliphatic carbocycles. The molecule has 0 N–H and O–H groups in total. The Morgan fingerprint density at radius 1 is 1.16 bits per heavy atom. The van der Waals surface area contributed by atoms with Crippen molar-refractivity contribution in [2.24, 2.45) is 5.92 Å². The zero-order valence-corrected chi connectivity index (χ0v) is 14.9. The molecule has 2 atom stereocenters. The summed E-state index contributed by atoms with van der Waals surface area (Å²) in [5.74, 6) is 0.480. The second-order valence-electron chi connectivity index (χ2n) is 7.85. The third-order valence-electron chi connectivity index (χ3n) is 6.39. The predicted octanol–water partition coefficient (Wildman–Crippen LogP) is 2.43. The van der Waals surface area contributed by atoms with Gasteiger partial charge in [0.25, 0.3) is 0 Å². The average Bonchev–Trinajstić information content (AvgIpc) is 2.98. The first-order valence-corrected chi connectivity index (χ1v) is 9.47. The molecule has 2 heterocycles. The van der Waals surface area contributed by atoms with Gasteiger partial charge in [-0.25, -0.2) is 4.39 Å². The number of hydrogen-bond donors (Lipinski definition) is 0. The standard InChI is InChI=1S/C20H27FN2O2/c1-15-13-23(14-18(15)22-9-11-25-12-10-22)19(24)20(7-2-8-20)16-3-5-17(21)6-4-16/h3-6,15,18H,2,7-14H2,1H3/t15-,18-/m1/s1. The van der Waals surface area contributed by atoms with E-state index < -0.39 is 5.41 Å². The van der Waals surface area contributed by atoms with Crippen LogP contribution in [0.25, 0.3) is 0 Å². The molecular weight excluding hydrogens is 319 g/mol. The number of amides is 1. The number of carbonyl (C=O) groups excluding carboxylic acids is 1. The van der Waals surface area contributed by atoms with Crippen LogP contribution in [-0.4, -0.2) is 61.1 Å². The van der Waals surface area contributed by atoms with E-state index in [0.717, 1.165) is 64.2 Å². The molecule has 4 rings (SSSR count). The van der Waals surface area contributed by atoms with Gasteiger partial charge in [0.15, 0.2) is 0 Å². The zero-order chi connectivity index (χ0) is 17.4. The molecule has 1 aromatic carbocycles. The zero-order valence-electron chi connectivity index (χ0n) is 14.9. The minimum atomic E-state index is -0.423. The first-order chi connectivity index (χ1) is 12.1. The van der Waals surface area contributed by atoms with Gasteiger partial charge < -0.3 is 9.64 Å². The Balaban J connectivity index is 1.51. The van der Waals surface area contributed by atoms with E-state index in [1.54, 1.807) is 12.1 Å². The second-order valence-corrected chi connectivity index (χ2v) is 7.85. The number of carbonyl (C=O) groups is 1. The topological polar surface area (TPSA) is 32.8 Å². The van der Waals surface area contributed by atoms with Gasteiger partial charge in [0.05, 0.1) is 18.6 Å². The van der Waals surface area contributed by atoms with Crippen LogP contribution in [0.5, 0.6) is 0 Å². The van der Waals surface area contributed by atoms with Gasteiger partial charge in [-0.3, -0.25) is 9.69 Å². The van der Waals surface area contributed by atoms with E-state index in [4.69, 9.17) is 4.74 Å². The average molecular weight is 346 g/mol. The van der Waals surface area contributed by atoms with Crippen molar-refractivity contribution < 1.29 is 13.9 Å². The van der Waals surface area contributed by atoms with Gasteiger partial charge in [0.1, 0.15) is 5.82 Å². The van der Waals surface area contributed by atoms with Crippen LogP contribution in [0, 0.1) is 11.7 Å². The number of likely N-dealkylation sites (tertiary alicyclic amines) is 1. The van der Waals surface area contributed by atoms with E-state index in [1.807, 2.05) is 0 Å². The van der Waals surface area contributed by atoms with Crippen LogP contribution in [0.1, 0.15) is 31.7 Å². The SMILES string of the molecule is C[C@@H]1CN(C(=O)C2(c3ccc(F)cc3)CCC2)C[C@H]1N1CCOCC1. The summed E-state index contributed by atoms with van der Waals surface area (Å²) in [6, 6.07) is 6.98. The number of nitrogens with zero attached hydrogens (tertiary/aromatic N) is 2. The Hall–Kier alpha value is -1.46. The van der Waals surface area contributed by atoms with Crippen molar-refractivity contribution in [3.8, 4) is 0 Å². The van der Waals surface area contributed by atoms with Gasteiger partial charge in [-0.1, -0.05) is 25.5 Å². The highest BCUT2D eigenvalue weighted by molar-refractivity contribution is 5.89. The summed E-state index contributed by atoms with van der Waals surface area (Å²) in [7, 11) is 0. The van der Waals surface area contributed by atoms with Crippen molar-refractivity contribution in [3.63, 3.8) is 0 Å². The Bertz CT molecular complexity index is 623. The minimum absolute atomic E-state index is 0.243. The van der Waals surface area contributed by atoms with Gasteiger partial charge in [-0.2, -0.15) is 0 Å². The first-order valence-electron chi connectivity index (χ1n) is 9.47. The minimum Gasteiger partial charge on any atom is -0.379 e. The van der Waals surface area contributed by atoms with Crippen molar-refractivity contribution >= 4 is 5.91 Å². The monoisotopic (exact) mass is 346 g/mol. The second kappa shape index (κ2) is 6.69. The van der Waals surface area contributed by atoms with E-state index in [1.165, 1.54) is 12.1 Å². The van der Waals surface area contributed by atoms with Crippen LogP contribution < -0.4 is 0 Å². The number of halogens is 1. The van der Waals surface area contributed by atoms with Crippen molar-refractivity contribution in [2.75, 3.05) is 39.4 Å².